The zero-order valence-electron chi connectivity index (χ0n) is 12.4. The summed E-state index contributed by atoms with van der Waals surface area (Å²) in [7, 11) is 0. The lowest BCUT2D eigenvalue weighted by molar-refractivity contribution is 0.774. The Balaban J connectivity index is 1.80. The average molecular weight is 301 g/mol. The second kappa shape index (κ2) is 6.48. The summed E-state index contributed by atoms with van der Waals surface area (Å²) in [5.41, 5.74) is 3.73. The van der Waals surface area contributed by atoms with Crippen LogP contribution in [-0.4, -0.2) is 18.1 Å². The quantitative estimate of drug-likeness (QED) is 0.779. The van der Waals surface area contributed by atoms with Gasteiger partial charge in [0.1, 0.15) is 5.82 Å². The molecule has 1 fully saturated rings. The van der Waals surface area contributed by atoms with E-state index in [9.17, 15) is 0 Å². The number of benzene rings is 1. The fourth-order valence-corrected chi connectivity index (χ4v) is 3.17. The van der Waals surface area contributed by atoms with Crippen LogP contribution in [0.15, 0.2) is 42.5 Å². The smallest absolute Gasteiger partial charge is 0.129 e. The van der Waals surface area contributed by atoms with E-state index in [1.807, 2.05) is 0 Å². The second-order valence-electron chi connectivity index (χ2n) is 5.65. The van der Waals surface area contributed by atoms with E-state index in [2.05, 4.69) is 54.3 Å². The first kappa shape index (κ1) is 14.4. The van der Waals surface area contributed by atoms with Crippen molar-refractivity contribution in [3.8, 4) is 0 Å². The maximum absolute atomic E-state index is 6.01. The van der Waals surface area contributed by atoms with Crippen LogP contribution in [0.5, 0.6) is 0 Å². The molecule has 0 amide bonds. The van der Waals surface area contributed by atoms with Gasteiger partial charge in [-0.15, -0.1) is 11.6 Å². The highest BCUT2D eigenvalue weighted by Gasteiger charge is 2.25. The van der Waals surface area contributed by atoms with Gasteiger partial charge >= 0.3 is 0 Å². The summed E-state index contributed by atoms with van der Waals surface area (Å²) >= 11 is 6.01. The molecule has 0 saturated carbocycles. The Morgan fingerprint density at radius 1 is 1.24 bits per heavy atom. The molecule has 2 nitrogen and oxygen atoms in total. The Morgan fingerprint density at radius 2 is 2.05 bits per heavy atom. The Morgan fingerprint density at radius 3 is 2.76 bits per heavy atom. The lowest BCUT2D eigenvalue weighted by Gasteiger charge is -2.19. The van der Waals surface area contributed by atoms with Gasteiger partial charge in [-0.3, -0.25) is 0 Å². The molecule has 3 rings (SSSR count). The highest BCUT2D eigenvalue weighted by molar-refractivity contribution is 6.17. The maximum atomic E-state index is 6.01. The van der Waals surface area contributed by atoms with Gasteiger partial charge in [0, 0.05) is 30.6 Å². The molecule has 0 spiro atoms. The first-order chi connectivity index (χ1) is 10.3. The van der Waals surface area contributed by atoms with Crippen LogP contribution in [0.2, 0.25) is 0 Å². The van der Waals surface area contributed by atoms with Gasteiger partial charge in [-0.25, -0.2) is 4.98 Å². The minimum atomic E-state index is 0.554. The molecule has 0 N–H and O–H groups in total. The summed E-state index contributed by atoms with van der Waals surface area (Å²) in [5.74, 6) is 2.25. The van der Waals surface area contributed by atoms with Gasteiger partial charge < -0.3 is 4.90 Å². The summed E-state index contributed by atoms with van der Waals surface area (Å²) in [6.45, 7) is 4.26. The summed E-state index contributed by atoms with van der Waals surface area (Å²) in [6.07, 6.45) is 2.14. The lowest BCUT2D eigenvalue weighted by Crippen LogP contribution is -2.21. The van der Waals surface area contributed by atoms with Crippen LogP contribution in [0.1, 0.15) is 36.1 Å². The van der Waals surface area contributed by atoms with Crippen LogP contribution in [0, 0.1) is 0 Å². The van der Waals surface area contributed by atoms with E-state index in [1.54, 1.807) is 0 Å². The monoisotopic (exact) mass is 300 g/mol. The molecule has 1 atom stereocenters. The Kier molecular flexibility index (Phi) is 4.45. The van der Waals surface area contributed by atoms with Crippen molar-refractivity contribution in [2.45, 2.75) is 31.6 Å². The van der Waals surface area contributed by atoms with Crippen molar-refractivity contribution in [2.75, 3.05) is 18.0 Å². The number of hydrogen-bond donors (Lipinski definition) is 0. The van der Waals surface area contributed by atoms with Gasteiger partial charge in [-0.1, -0.05) is 37.3 Å². The summed E-state index contributed by atoms with van der Waals surface area (Å²) in [6, 6.07) is 15.0. The number of nitrogens with zero attached hydrogens (tertiary/aromatic N) is 2. The standard InChI is InChI=1S/C18H21ClN2/c1-2-17-10-14(12-19)11-18(20-17)21-9-8-16(13-21)15-6-4-3-5-7-15/h3-7,10-11,16H,2,8-9,12-13H2,1H3. The van der Waals surface area contributed by atoms with E-state index < -0.39 is 0 Å². The molecule has 1 unspecified atom stereocenters. The Labute approximate surface area is 131 Å². The minimum absolute atomic E-state index is 0.554. The van der Waals surface area contributed by atoms with Gasteiger partial charge in [0.25, 0.3) is 0 Å². The number of hydrogen-bond acceptors (Lipinski definition) is 2. The van der Waals surface area contributed by atoms with Crippen molar-refractivity contribution in [1.29, 1.82) is 0 Å². The molecular formula is C18H21ClN2. The first-order valence-corrected chi connectivity index (χ1v) is 8.19. The predicted octanol–water partition coefficient (Wildman–Crippen LogP) is 4.38. The van der Waals surface area contributed by atoms with Crippen LogP contribution in [0.25, 0.3) is 0 Å². The molecule has 21 heavy (non-hydrogen) atoms. The molecular weight excluding hydrogens is 280 g/mol. The molecule has 1 aromatic heterocycles. The van der Waals surface area contributed by atoms with E-state index in [4.69, 9.17) is 16.6 Å². The number of aromatic nitrogens is 1. The van der Waals surface area contributed by atoms with Gasteiger partial charge in [0.05, 0.1) is 0 Å². The summed E-state index contributed by atoms with van der Waals surface area (Å²) in [4.78, 5) is 7.17. The molecule has 2 heterocycles. The predicted molar refractivity (Wildman–Crippen MR) is 89.2 cm³/mol. The van der Waals surface area contributed by atoms with E-state index >= 15 is 0 Å². The minimum Gasteiger partial charge on any atom is -0.356 e. The molecule has 1 aliphatic rings. The SMILES string of the molecule is CCc1cc(CCl)cc(N2CCC(c3ccccc3)C2)n1. The van der Waals surface area contributed by atoms with Crippen molar-refractivity contribution >= 4 is 17.4 Å². The van der Waals surface area contributed by atoms with Crippen LogP contribution in [-0.2, 0) is 12.3 Å². The number of halogens is 1. The highest BCUT2D eigenvalue weighted by Crippen LogP contribution is 2.30. The third-order valence-corrected chi connectivity index (χ3v) is 4.53. The highest BCUT2D eigenvalue weighted by atomic mass is 35.5. The second-order valence-corrected chi connectivity index (χ2v) is 5.92. The summed E-state index contributed by atoms with van der Waals surface area (Å²) in [5, 5.41) is 0. The number of pyridine rings is 1. The number of rotatable bonds is 4. The van der Waals surface area contributed by atoms with E-state index in [1.165, 1.54) is 17.5 Å². The van der Waals surface area contributed by atoms with Crippen LogP contribution < -0.4 is 4.90 Å². The van der Waals surface area contributed by atoms with Crippen molar-refractivity contribution in [1.82, 2.24) is 4.98 Å². The van der Waals surface area contributed by atoms with Crippen molar-refractivity contribution < 1.29 is 0 Å². The molecule has 3 heteroatoms. The Hall–Kier alpha value is -1.54. The van der Waals surface area contributed by atoms with E-state index in [0.717, 1.165) is 31.0 Å². The molecule has 0 bridgehead atoms. The van der Waals surface area contributed by atoms with Crippen molar-refractivity contribution in [2.24, 2.45) is 0 Å². The molecule has 0 aliphatic carbocycles. The van der Waals surface area contributed by atoms with E-state index in [0.29, 0.717) is 11.8 Å². The first-order valence-electron chi connectivity index (χ1n) is 7.66. The van der Waals surface area contributed by atoms with Crippen molar-refractivity contribution in [3.63, 3.8) is 0 Å². The van der Waals surface area contributed by atoms with Gasteiger partial charge in [-0.2, -0.15) is 0 Å². The largest absolute Gasteiger partial charge is 0.356 e. The molecule has 0 radical (unpaired) electrons. The normalized spacial score (nSPS) is 18.2. The fourth-order valence-electron chi connectivity index (χ4n) is 3.02. The van der Waals surface area contributed by atoms with Crippen LogP contribution >= 0.6 is 11.6 Å². The zero-order valence-corrected chi connectivity index (χ0v) is 13.2. The lowest BCUT2D eigenvalue weighted by atomic mass is 9.99. The van der Waals surface area contributed by atoms with Gasteiger partial charge in [0.15, 0.2) is 0 Å². The van der Waals surface area contributed by atoms with Crippen LogP contribution in [0.3, 0.4) is 0 Å². The molecule has 1 aromatic carbocycles. The summed E-state index contributed by atoms with van der Waals surface area (Å²) < 4.78 is 0. The van der Waals surface area contributed by atoms with Crippen LogP contribution in [0.4, 0.5) is 5.82 Å². The fraction of sp³-hybridized carbons (Fsp3) is 0.389. The average Bonchev–Trinajstić information content (AvgIpc) is 3.05. The third-order valence-electron chi connectivity index (χ3n) is 4.22. The number of alkyl halides is 1. The Bertz CT molecular complexity index is 575. The van der Waals surface area contributed by atoms with Gasteiger partial charge in [-0.05, 0) is 36.1 Å². The number of anilines is 1. The maximum Gasteiger partial charge on any atom is 0.129 e. The molecule has 1 aliphatic heterocycles. The third kappa shape index (κ3) is 3.21. The topological polar surface area (TPSA) is 16.1 Å². The number of aryl methyl sites for hydroxylation is 1. The molecule has 2 aromatic rings. The zero-order chi connectivity index (χ0) is 14.7. The van der Waals surface area contributed by atoms with E-state index in [-0.39, 0.29) is 0 Å². The molecule has 1 saturated heterocycles. The van der Waals surface area contributed by atoms with Crippen molar-refractivity contribution in [3.05, 3.63) is 59.3 Å². The van der Waals surface area contributed by atoms with Gasteiger partial charge in [0.2, 0.25) is 0 Å². The molecule has 110 valence electrons.